The summed E-state index contributed by atoms with van der Waals surface area (Å²) in [4.78, 5) is 0. The van der Waals surface area contributed by atoms with E-state index in [0.717, 1.165) is 12.1 Å². The molecule has 5 heteroatoms. The number of aliphatic hydroxyl groups excluding tert-OH is 1. The van der Waals surface area contributed by atoms with E-state index in [9.17, 15) is 0 Å². The van der Waals surface area contributed by atoms with Crippen LogP contribution in [-0.2, 0) is 6.54 Å². The molecule has 0 aromatic heterocycles. The number of methoxy groups -OCH3 is 1. The summed E-state index contributed by atoms with van der Waals surface area (Å²) in [6.07, 6.45) is 0. The van der Waals surface area contributed by atoms with Gasteiger partial charge in [-0.05, 0) is 30.2 Å². The molecule has 2 aromatic rings. The van der Waals surface area contributed by atoms with E-state index in [1.807, 2.05) is 36.4 Å². The second-order valence-electron chi connectivity index (χ2n) is 5.07. The molecule has 0 fully saturated rings. The number of halogens is 1. The fourth-order valence-electron chi connectivity index (χ4n) is 2.23. The number of aliphatic hydroxyl groups is 1. The highest BCUT2D eigenvalue weighted by molar-refractivity contribution is 5.85. The third-order valence-corrected chi connectivity index (χ3v) is 3.49. The summed E-state index contributed by atoms with van der Waals surface area (Å²) < 4.78 is 10.8. The molecule has 0 amide bonds. The van der Waals surface area contributed by atoms with Crippen molar-refractivity contribution < 1.29 is 14.6 Å². The van der Waals surface area contributed by atoms with Gasteiger partial charge in [0, 0.05) is 12.6 Å². The lowest BCUT2D eigenvalue weighted by molar-refractivity contribution is 0.196. The van der Waals surface area contributed by atoms with Crippen molar-refractivity contribution in [2.75, 3.05) is 20.3 Å². The highest BCUT2D eigenvalue weighted by Crippen LogP contribution is 2.28. The minimum absolute atomic E-state index is 0. The molecular weight excluding hydrogens is 314 g/mol. The average Bonchev–Trinajstić information content (AvgIpc) is 2.58. The van der Waals surface area contributed by atoms with E-state index in [4.69, 9.17) is 14.6 Å². The van der Waals surface area contributed by atoms with Crippen molar-refractivity contribution in [1.82, 2.24) is 5.32 Å². The molecular formula is C18H24ClNO3. The van der Waals surface area contributed by atoms with Crippen LogP contribution in [0.25, 0.3) is 0 Å². The number of ether oxygens (including phenoxy) is 2. The van der Waals surface area contributed by atoms with Gasteiger partial charge >= 0.3 is 0 Å². The largest absolute Gasteiger partial charge is 0.493 e. The minimum atomic E-state index is -0.0128. The molecule has 126 valence electrons. The Morgan fingerprint density at radius 3 is 2.48 bits per heavy atom. The first-order chi connectivity index (χ1) is 10.7. The topological polar surface area (TPSA) is 50.7 Å². The molecule has 1 unspecified atom stereocenters. The zero-order chi connectivity index (χ0) is 15.8. The van der Waals surface area contributed by atoms with Gasteiger partial charge in [0.15, 0.2) is 11.5 Å². The lowest BCUT2D eigenvalue weighted by atomic mass is 10.1. The maximum absolute atomic E-state index is 8.82. The van der Waals surface area contributed by atoms with Gasteiger partial charge in [0.1, 0.15) is 6.61 Å². The molecule has 23 heavy (non-hydrogen) atoms. The Labute approximate surface area is 143 Å². The predicted molar refractivity (Wildman–Crippen MR) is 94.5 cm³/mol. The molecule has 1 atom stereocenters. The number of nitrogens with one attached hydrogen (secondary N) is 1. The zero-order valence-corrected chi connectivity index (χ0v) is 14.3. The van der Waals surface area contributed by atoms with Crippen LogP contribution in [0.5, 0.6) is 11.5 Å². The SMILES string of the molecule is COc1cc(CNC(C)c2ccccc2)ccc1OCCO.Cl. The van der Waals surface area contributed by atoms with Crippen LogP contribution in [0.1, 0.15) is 24.1 Å². The highest BCUT2D eigenvalue weighted by atomic mass is 35.5. The van der Waals surface area contributed by atoms with Crippen LogP contribution in [0.2, 0.25) is 0 Å². The Bertz CT molecular complexity index is 578. The summed E-state index contributed by atoms with van der Waals surface area (Å²) in [5, 5.41) is 12.3. The molecule has 0 heterocycles. The van der Waals surface area contributed by atoms with Gasteiger partial charge in [-0.3, -0.25) is 0 Å². The first-order valence-electron chi connectivity index (χ1n) is 7.43. The quantitative estimate of drug-likeness (QED) is 0.775. The minimum Gasteiger partial charge on any atom is -0.493 e. The second kappa shape index (κ2) is 10.1. The van der Waals surface area contributed by atoms with Crippen LogP contribution >= 0.6 is 12.4 Å². The fraction of sp³-hybridized carbons (Fsp3) is 0.333. The summed E-state index contributed by atoms with van der Waals surface area (Å²) in [6.45, 7) is 3.14. The van der Waals surface area contributed by atoms with Crippen molar-refractivity contribution in [2.45, 2.75) is 19.5 Å². The Kier molecular flexibility index (Phi) is 8.48. The molecule has 0 saturated heterocycles. The van der Waals surface area contributed by atoms with Gasteiger partial charge in [0.25, 0.3) is 0 Å². The summed E-state index contributed by atoms with van der Waals surface area (Å²) in [7, 11) is 1.62. The lowest BCUT2D eigenvalue weighted by Gasteiger charge is -2.16. The predicted octanol–water partition coefficient (Wildman–Crippen LogP) is 3.34. The fourth-order valence-corrected chi connectivity index (χ4v) is 2.23. The molecule has 2 N–H and O–H groups in total. The third kappa shape index (κ3) is 5.75. The Morgan fingerprint density at radius 1 is 1.09 bits per heavy atom. The van der Waals surface area contributed by atoms with Gasteiger partial charge in [-0.25, -0.2) is 0 Å². The summed E-state index contributed by atoms with van der Waals surface area (Å²) in [5.41, 5.74) is 2.38. The van der Waals surface area contributed by atoms with Gasteiger partial charge in [-0.2, -0.15) is 0 Å². The number of benzene rings is 2. The zero-order valence-electron chi connectivity index (χ0n) is 13.5. The molecule has 0 saturated carbocycles. The van der Waals surface area contributed by atoms with Gasteiger partial charge < -0.3 is 19.9 Å². The molecule has 0 spiro atoms. The number of hydrogen-bond acceptors (Lipinski definition) is 4. The Hall–Kier alpha value is -1.75. The van der Waals surface area contributed by atoms with Gasteiger partial charge in [-0.15, -0.1) is 12.4 Å². The van der Waals surface area contributed by atoms with E-state index in [1.165, 1.54) is 5.56 Å². The van der Waals surface area contributed by atoms with Crippen LogP contribution < -0.4 is 14.8 Å². The standard InChI is InChI=1S/C18H23NO3.ClH/c1-14(16-6-4-3-5-7-16)19-13-15-8-9-17(22-11-10-20)18(12-15)21-2;/h3-9,12,14,19-20H,10-11,13H2,1-2H3;1H. The van der Waals surface area contributed by atoms with Crippen LogP contribution in [0.4, 0.5) is 0 Å². The van der Waals surface area contributed by atoms with E-state index < -0.39 is 0 Å². The molecule has 0 aliphatic carbocycles. The molecule has 0 bridgehead atoms. The summed E-state index contributed by atoms with van der Waals surface area (Å²) in [5.74, 6) is 1.33. The van der Waals surface area contributed by atoms with Crippen molar-refractivity contribution >= 4 is 12.4 Å². The third-order valence-electron chi connectivity index (χ3n) is 3.49. The molecule has 0 radical (unpaired) electrons. The van der Waals surface area contributed by atoms with Crippen molar-refractivity contribution in [3.8, 4) is 11.5 Å². The van der Waals surface area contributed by atoms with Gasteiger partial charge in [-0.1, -0.05) is 36.4 Å². The van der Waals surface area contributed by atoms with Crippen LogP contribution in [0.3, 0.4) is 0 Å². The van der Waals surface area contributed by atoms with Crippen molar-refractivity contribution in [2.24, 2.45) is 0 Å². The molecule has 0 aliphatic heterocycles. The molecule has 0 aliphatic rings. The van der Waals surface area contributed by atoms with Crippen LogP contribution in [0, 0.1) is 0 Å². The lowest BCUT2D eigenvalue weighted by Crippen LogP contribution is -2.18. The number of hydrogen-bond donors (Lipinski definition) is 2. The van der Waals surface area contributed by atoms with E-state index in [0.29, 0.717) is 11.5 Å². The van der Waals surface area contributed by atoms with E-state index in [-0.39, 0.29) is 31.7 Å². The monoisotopic (exact) mass is 337 g/mol. The molecule has 2 rings (SSSR count). The smallest absolute Gasteiger partial charge is 0.161 e. The van der Waals surface area contributed by atoms with Crippen molar-refractivity contribution in [1.29, 1.82) is 0 Å². The van der Waals surface area contributed by atoms with E-state index in [1.54, 1.807) is 7.11 Å². The maximum atomic E-state index is 8.82. The molecule has 4 nitrogen and oxygen atoms in total. The van der Waals surface area contributed by atoms with Crippen molar-refractivity contribution in [3.05, 3.63) is 59.7 Å². The first kappa shape index (κ1) is 19.3. The number of rotatable bonds is 8. The van der Waals surface area contributed by atoms with Gasteiger partial charge in [0.2, 0.25) is 0 Å². The normalized spacial score (nSPS) is 11.4. The Balaban J connectivity index is 0.00000264. The van der Waals surface area contributed by atoms with Crippen LogP contribution in [-0.4, -0.2) is 25.4 Å². The Morgan fingerprint density at radius 2 is 1.83 bits per heavy atom. The average molecular weight is 338 g/mol. The van der Waals surface area contributed by atoms with Crippen LogP contribution in [0.15, 0.2) is 48.5 Å². The highest BCUT2D eigenvalue weighted by Gasteiger charge is 2.08. The van der Waals surface area contributed by atoms with E-state index in [2.05, 4.69) is 24.4 Å². The van der Waals surface area contributed by atoms with E-state index >= 15 is 0 Å². The van der Waals surface area contributed by atoms with Crippen molar-refractivity contribution in [3.63, 3.8) is 0 Å². The van der Waals surface area contributed by atoms with Gasteiger partial charge in [0.05, 0.1) is 13.7 Å². The second-order valence-corrected chi connectivity index (χ2v) is 5.07. The summed E-state index contributed by atoms with van der Waals surface area (Å²) in [6, 6.07) is 16.4. The summed E-state index contributed by atoms with van der Waals surface area (Å²) >= 11 is 0. The maximum Gasteiger partial charge on any atom is 0.161 e. The molecule has 2 aromatic carbocycles. The first-order valence-corrected chi connectivity index (χ1v) is 7.43.